The second-order valence-corrected chi connectivity index (χ2v) is 5.56. The Kier molecular flexibility index (Phi) is 3.83. The molecule has 1 fully saturated rings. The monoisotopic (exact) mass is 271 g/mol. The molecule has 0 bridgehead atoms. The van der Waals surface area contributed by atoms with E-state index in [9.17, 15) is 0 Å². The number of benzene rings is 1. The number of hydrogen-bond acceptors (Lipinski definition) is 4. The van der Waals surface area contributed by atoms with Crippen molar-refractivity contribution in [3.63, 3.8) is 0 Å². The Morgan fingerprint density at radius 3 is 2.65 bits per heavy atom. The highest BCUT2D eigenvalue weighted by Gasteiger charge is 2.28. The maximum absolute atomic E-state index is 6.17. The molecule has 2 N–H and O–H groups in total. The smallest absolute Gasteiger partial charge is 0.231 e. The number of nitrogens with two attached hydrogens (primary N) is 1. The Morgan fingerprint density at radius 1 is 1.20 bits per heavy atom. The van der Waals surface area contributed by atoms with Crippen LogP contribution in [0.2, 0.25) is 0 Å². The van der Waals surface area contributed by atoms with Crippen LogP contribution in [-0.2, 0) is 6.42 Å². The molecule has 1 aromatic heterocycles. The minimum atomic E-state index is 0.152. The molecular formula is C16H21N3O. The van der Waals surface area contributed by atoms with E-state index in [1.54, 1.807) is 0 Å². The van der Waals surface area contributed by atoms with Gasteiger partial charge in [-0.15, -0.1) is 0 Å². The molecule has 0 amide bonds. The van der Waals surface area contributed by atoms with Gasteiger partial charge in [0.1, 0.15) is 0 Å². The second-order valence-electron chi connectivity index (χ2n) is 5.56. The van der Waals surface area contributed by atoms with E-state index in [0.29, 0.717) is 11.7 Å². The van der Waals surface area contributed by atoms with Crippen LogP contribution in [0.25, 0.3) is 11.4 Å². The van der Waals surface area contributed by atoms with Crippen LogP contribution < -0.4 is 5.73 Å². The van der Waals surface area contributed by atoms with Crippen molar-refractivity contribution in [3.8, 4) is 11.4 Å². The van der Waals surface area contributed by atoms with Gasteiger partial charge in [-0.1, -0.05) is 49.2 Å². The Labute approximate surface area is 119 Å². The molecule has 1 heterocycles. The molecule has 1 aliphatic carbocycles. The van der Waals surface area contributed by atoms with Crippen molar-refractivity contribution in [1.82, 2.24) is 10.1 Å². The van der Waals surface area contributed by atoms with Crippen LogP contribution >= 0.6 is 0 Å². The predicted octanol–water partition coefficient (Wildman–Crippen LogP) is 3.28. The van der Waals surface area contributed by atoms with Gasteiger partial charge in [-0.3, -0.25) is 0 Å². The van der Waals surface area contributed by atoms with Gasteiger partial charge in [0, 0.05) is 11.6 Å². The van der Waals surface area contributed by atoms with Gasteiger partial charge in [0.15, 0.2) is 0 Å². The first kappa shape index (κ1) is 13.3. The quantitative estimate of drug-likeness (QED) is 0.930. The van der Waals surface area contributed by atoms with Crippen LogP contribution in [0.5, 0.6) is 0 Å². The average molecular weight is 271 g/mol. The summed E-state index contributed by atoms with van der Waals surface area (Å²) in [4.78, 5) is 4.55. The van der Waals surface area contributed by atoms with E-state index < -0.39 is 0 Å². The summed E-state index contributed by atoms with van der Waals surface area (Å²) < 4.78 is 5.44. The van der Waals surface area contributed by atoms with Gasteiger partial charge in [0.05, 0.1) is 5.92 Å². The van der Waals surface area contributed by atoms with Crippen LogP contribution in [-0.4, -0.2) is 16.2 Å². The van der Waals surface area contributed by atoms with Gasteiger partial charge in [-0.25, -0.2) is 0 Å². The number of aryl methyl sites for hydroxylation is 1. The van der Waals surface area contributed by atoms with Crippen molar-refractivity contribution >= 4 is 0 Å². The van der Waals surface area contributed by atoms with Gasteiger partial charge >= 0.3 is 0 Å². The Balaban J connectivity index is 1.81. The van der Waals surface area contributed by atoms with Crippen LogP contribution in [0.15, 0.2) is 28.8 Å². The summed E-state index contributed by atoms with van der Waals surface area (Å²) in [6, 6.07) is 8.47. The van der Waals surface area contributed by atoms with Crippen molar-refractivity contribution < 1.29 is 4.52 Å². The zero-order chi connectivity index (χ0) is 13.9. The van der Waals surface area contributed by atoms with Crippen molar-refractivity contribution in [2.45, 2.75) is 51.0 Å². The predicted molar refractivity (Wildman–Crippen MR) is 78.3 cm³/mol. The largest absolute Gasteiger partial charge is 0.339 e. The zero-order valence-corrected chi connectivity index (χ0v) is 11.9. The molecule has 2 aromatic rings. The molecule has 4 nitrogen and oxygen atoms in total. The summed E-state index contributed by atoms with van der Waals surface area (Å²) in [5, 5.41) is 4.11. The van der Waals surface area contributed by atoms with Gasteiger partial charge < -0.3 is 10.3 Å². The lowest BCUT2D eigenvalue weighted by atomic mass is 9.85. The Bertz CT molecular complexity index is 561. The van der Waals surface area contributed by atoms with Crippen molar-refractivity contribution in [1.29, 1.82) is 0 Å². The Morgan fingerprint density at radius 2 is 1.95 bits per heavy atom. The average Bonchev–Trinajstić information content (AvgIpc) is 2.97. The minimum Gasteiger partial charge on any atom is -0.339 e. The standard InChI is InChI=1S/C16H21N3O/c1-2-11-7-9-12(10-8-11)15-18-16(20-19-15)13-5-3-4-6-14(13)17/h7-10,13-14H,2-6,17H2,1H3. The van der Waals surface area contributed by atoms with Crippen LogP contribution in [0.1, 0.15) is 50.0 Å². The van der Waals surface area contributed by atoms with Gasteiger partial charge in [0.2, 0.25) is 11.7 Å². The van der Waals surface area contributed by atoms with Crippen molar-refractivity contribution in [2.24, 2.45) is 5.73 Å². The highest BCUT2D eigenvalue weighted by atomic mass is 16.5. The Hall–Kier alpha value is -1.68. The topological polar surface area (TPSA) is 64.9 Å². The summed E-state index contributed by atoms with van der Waals surface area (Å²) >= 11 is 0. The minimum absolute atomic E-state index is 0.152. The lowest BCUT2D eigenvalue weighted by Crippen LogP contribution is -2.31. The summed E-state index contributed by atoms with van der Waals surface area (Å²) in [5.41, 5.74) is 8.48. The maximum atomic E-state index is 6.17. The van der Waals surface area contributed by atoms with Crippen LogP contribution in [0.4, 0.5) is 0 Å². The van der Waals surface area contributed by atoms with E-state index in [0.717, 1.165) is 24.8 Å². The van der Waals surface area contributed by atoms with E-state index in [-0.39, 0.29) is 12.0 Å². The molecule has 0 aliphatic heterocycles. The summed E-state index contributed by atoms with van der Waals surface area (Å²) in [7, 11) is 0. The highest BCUT2D eigenvalue weighted by molar-refractivity contribution is 5.54. The molecule has 0 saturated heterocycles. The molecule has 1 aromatic carbocycles. The molecule has 2 atom stereocenters. The maximum Gasteiger partial charge on any atom is 0.231 e. The first-order valence-corrected chi connectivity index (χ1v) is 7.46. The van der Waals surface area contributed by atoms with Gasteiger partial charge in [-0.05, 0) is 24.8 Å². The second kappa shape index (κ2) is 5.75. The molecule has 0 spiro atoms. The summed E-state index contributed by atoms with van der Waals surface area (Å²) in [6.07, 6.45) is 5.54. The molecule has 1 aliphatic rings. The number of rotatable bonds is 3. The van der Waals surface area contributed by atoms with E-state index in [4.69, 9.17) is 10.3 Å². The third kappa shape index (κ3) is 2.61. The van der Waals surface area contributed by atoms with E-state index in [1.165, 1.54) is 18.4 Å². The molecule has 0 radical (unpaired) electrons. The first-order valence-electron chi connectivity index (χ1n) is 7.46. The van der Waals surface area contributed by atoms with Crippen molar-refractivity contribution in [2.75, 3.05) is 0 Å². The third-order valence-electron chi connectivity index (χ3n) is 4.20. The molecular weight excluding hydrogens is 250 g/mol. The zero-order valence-electron chi connectivity index (χ0n) is 11.9. The fraction of sp³-hybridized carbons (Fsp3) is 0.500. The molecule has 4 heteroatoms. The lowest BCUT2D eigenvalue weighted by Gasteiger charge is -2.25. The summed E-state index contributed by atoms with van der Waals surface area (Å²) in [5.74, 6) is 1.59. The number of hydrogen-bond donors (Lipinski definition) is 1. The SMILES string of the molecule is CCc1ccc(-c2noc(C3CCCCC3N)n2)cc1. The molecule has 106 valence electrons. The van der Waals surface area contributed by atoms with E-state index in [1.807, 2.05) is 12.1 Å². The number of aromatic nitrogens is 2. The van der Waals surface area contributed by atoms with Gasteiger partial charge in [-0.2, -0.15) is 4.98 Å². The third-order valence-corrected chi connectivity index (χ3v) is 4.20. The fourth-order valence-electron chi connectivity index (χ4n) is 2.86. The van der Waals surface area contributed by atoms with Crippen LogP contribution in [0, 0.1) is 0 Å². The van der Waals surface area contributed by atoms with Crippen LogP contribution in [0.3, 0.4) is 0 Å². The van der Waals surface area contributed by atoms with Crippen molar-refractivity contribution in [3.05, 3.63) is 35.7 Å². The molecule has 3 rings (SSSR count). The van der Waals surface area contributed by atoms with E-state index >= 15 is 0 Å². The van der Waals surface area contributed by atoms with Gasteiger partial charge in [0.25, 0.3) is 0 Å². The molecule has 2 unspecified atom stereocenters. The first-order chi connectivity index (χ1) is 9.78. The van der Waals surface area contributed by atoms with E-state index in [2.05, 4.69) is 29.2 Å². The summed E-state index contributed by atoms with van der Waals surface area (Å²) in [6.45, 7) is 2.14. The lowest BCUT2D eigenvalue weighted by molar-refractivity contribution is 0.290. The molecule has 20 heavy (non-hydrogen) atoms. The number of nitrogens with zero attached hydrogens (tertiary/aromatic N) is 2. The fourth-order valence-corrected chi connectivity index (χ4v) is 2.86. The molecule has 1 saturated carbocycles. The normalized spacial score (nSPS) is 22.9. The highest BCUT2D eigenvalue weighted by Crippen LogP contribution is 2.31.